The van der Waals surface area contributed by atoms with Crippen molar-refractivity contribution in [1.82, 2.24) is 0 Å². The number of carbonyl (C=O) groups is 2. The van der Waals surface area contributed by atoms with E-state index in [1.165, 1.54) is 205 Å². The molecule has 0 fully saturated rings. The van der Waals surface area contributed by atoms with Crippen LogP contribution < -0.4 is 0 Å². The molecule has 0 saturated heterocycles. The van der Waals surface area contributed by atoms with E-state index >= 15 is 0 Å². The molecule has 5 nitrogen and oxygen atoms in total. The van der Waals surface area contributed by atoms with Gasteiger partial charge in [-0.05, 0) is 116 Å². The summed E-state index contributed by atoms with van der Waals surface area (Å²) in [5, 5.41) is 9.71. The second-order valence-electron chi connectivity index (χ2n) is 23.6. The van der Waals surface area contributed by atoms with Crippen LogP contribution in [0.1, 0.15) is 335 Å². The Morgan fingerprint density at radius 2 is 0.512 bits per heavy atom. The number of unbranched alkanes of at least 4 members (excludes halogenated alkanes) is 35. The fourth-order valence-corrected chi connectivity index (χ4v) is 10.1. The molecule has 0 rings (SSSR count). The predicted octanol–water partition coefficient (Wildman–Crippen LogP) is 25.1. The quantitative estimate of drug-likeness (QED) is 0.0373. The van der Waals surface area contributed by atoms with Gasteiger partial charge in [0.1, 0.15) is 6.61 Å². The van der Waals surface area contributed by atoms with Gasteiger partial charge in [0.05, 0.1) is 6.61 Å². The molecule has 0 aromatic rings. The number of hydrogen-bond acceptors (Lipinski definition) is 5. The highest BCUT2D eigenvalue weighted by molar-refractivity contribution is 5.70. The summed E-state index contributed by atoms with van der Waals surface area (Å²) < 4.78 is 10.8. The van der Waals surface area contributed by atoms with Crippen molar-refractivity contribution in [3.63, 3.8) is 0 Å². The van der Waals surface area contributed by atoms with Crippen LogP contribution in [0, 0.1) is 0 Å². The first-order valence-corrected chi connectivity index (χ1v) is 35.7. The minimum atomic E-state index is -0.780. The normalized spacial score (nSPS) is 13.0. The highest BCUT2D eigenvalue weighted by atomic mass is 16.6. The van der Waals surface area contributed by atoms with Gasteiger partial charge in [-0.15, -0.1) is 0 Å². The Morgan fingerprint density at radius 1 is 0.286 bits per heavy atom. The second-order valence-corrected chi connectivity index (χ2v) is 23.6. The van der Waals surface area contributed by atoms with Crippen LogP contribution in [0.3, 0.4) is 0 Å². The van der Waals surface area contributed by atoms with Crippen LogP contribution in [0.25, 0.3) is 0 Å². The van der Waals surface area contributed by atoms with Crippen LogP contribution in [0.4, 0.5) is 0 Å². The molecule has 1 atom stereocenters. The molecule has 0 spiro atoms. The lowest BCUT2D eigenvalue weighted by Crippen LogP contribution is -2.28. The average Bonchev–Trinajstić information content (AvgIpc) is 3.51. The molecule has 0 heterocycles. The maximum absolute atomic E-state index is 12.4. The van der Waals surface area contributed by atoms with Gasteiger partial charge in [-0.1, -0.05) is 340 Å². The zero-order chi connectivity index (χ0) is 60.5. The van der Waals surface area contributed by atoms with Crippen LogP contribution in [0.2, 0.25) is 0 Å². The largest absolute Gasteiger partial charge is 0.462 e. The van der Waals surface area contributed by atoms with Crippen molar-refractivity contribution in [2.45, 2.75) is 341 Å². The van der Waals surface area contributed by atoms with Gasteiger partial charge in [-0.2, -0.15) is 0 Å². The molecular formula is C79H134O5. The molecule has 0 radical (unpaired) electrons. The lowest BCUT2D eigenvalue weighted by molar-refractivity contribution is -0.161. The van der Waals surface area contributed by atoms with E-state index in [0.29, 0.717) is 12.8 Å². The van der Waals surface area contributed by atoms with Gasteiger partial charge in [0.15, 0.2) is 6.10 Å². The molecule has 0 bridgehead atoms. The second kappa shape index (κ2) is 73.3. The maximum atomic E-state index is 12.4. The van der Waals surface area contributed by atoms with Gasteiger partial charge < -0.3 is 14.6 Å². The Bertz CT molecular complexity index is 1700. The van der Waals surface area contributed by atoms with Crippen molar-refractivity contribution in [2.75, 3.05) is 13.2 Å². The van der Waals surface area contributed by atoms with E-state index in [2.05, 4.69) is 148 Å². The molecule has 0 amide bonds. The average molecular weight is 1160 g/mol. The van der Waals surface area contributed by atoms with Gasteiger partial charge >= 0.3 is 11.9 Å². The van der Waals surface area contributed by atoms with E-state index < -0.39 is 6.10 Å². The van der Waals surface area contributed by atoms with Crippen LogP contribution >= 0.6 is 0 Å². The summed E-state index contributed by atoms with van der Waals surface area (Å²) in [7, 11) is 0. The summed E-state index contributed by atoms with van der Waals surface area (Å²) in [6.07, 6.45) is 109. The first-order valence-electron chi connectivity index (χ1n) is 35.7. The van der Waals surface area contributed by atoms with E-state index in [4.69, 9.17) is 9.47 Å². The molecule has 0 saturated carbocycles. The molecule has 0 aliphatic rings. The van der Waals surface area contributed by atoms with Crippen LogP contribution in [0.15, 0.2) is 134 Å². The zero-order valence-electron chi connectivity index (χ0n) is 55.1. The predicted molar refractivity (Wildman–Crippen MR) is 371 cm³/mol. The van der Waals surface area contributed by atoms with Gasteiger partial charge in [-0.3, -0.25) is 9.59 Å². The number of allylic oxidation sites excluding steroid dienone is 22. The molecule has 1 N–H and O–H groups in total. The van der Waals surface area contributed by atoms with Crippen molar-refractivity contribution in [2.24, 2.45) is 0 Å². The first-order chi connectivity index (χ1) is 41.6. The molecule has 84 heavy (non-hydrogen) atoms. The Labute approximate surface area is 521 Å². The van der Waals surface area contributed by atoms with Crippen molar-refractivity contribution in [3.05, 3.63) is 134 Å². The maximum Gasteiger partial charge on any atom is 0.306 e. The summed E-state index contributed by atoms with van der Waals surface area (Å²) in [4.78, 5) is 24.7. The van der Waals surface area contributed by atoms with Crippen molar-refractivity contribution >= 4 is 11.9 Å². The van der Waals surface area contributed by atoms with Gasteiger partial charge in [0, 0.05) is 12.8 Å². The molecule has 0 aliphatic heterocycles. The third kappa shape index (κ3) is 70.5. The Hall–Kier alpha value is -3.96. The third-order valence-electron chi connectivity index (χ3n) is 15.4. The summed E-state index contributed by atoms with van der Waals surface area (Å²) in [5.74, 6) is -0.584. The van der Waals surface area contributed by atoms with Crippen molar-refractivity contribution < 1.29 is 24.2 Å². The molecule has 0 aromatic carbocycles. The topological polar surface area (TPSA) is 72.8 Å². The van der Waals surface area contributed by atoms with E-state index in [-0.39, 0.29) is 25.2 Å². The number of aliphatic hydroxyl groups excluding tert-OH is 1. The van der Waals surface area contributed by atoms with Crippen LogP contribution in [0.5, 0.6) is 0 Å². The summed E-state index contributed by atoms with van der Waals surface area (Å²) >= 11 is 0. The summed E-state index contributed by atoms with van der Waals surface area (Å²) in [6.45, 7) is 4.04. The number of aliphatic hydroxyl groups is 1. The molecular weight excluding hydrogens is 1030 g/mol. The van der Waals surface area contributed by atoms with E-state index in [9.17, 15) is 14.7 Å². The highest BCUT2D eigenvalue weighted by Gasteiger charge is 2.16. The lowest BCUT2D eigenvalue weighted by atomic mass is 10.0. The molecule has 0 aromatic heterocycles. The Kier molecular flexibility index (Phi) is 69.8. The van der Waals surface area contributed by atoms with Crippen LogP contribution in [-0.2, 0) is 19.1 Å². The van der Waals surface area contributed by atoms with Crippen molar-refractivity contribution in [3.8, 4) is 0 Å². The third-order valence-corrected chi connectivity index (χ3v) is 15.4. The number of rotatable bonds is 65. The molecule has 480 valence electrons. The number of esters is 2. The fourth-order valence-electron chi connectivity index (χ4n) is 10.1. The van der Waals surface area contributed by atoms with E-state index in [1.54, 1.807) is 0 Å². The van der Waals surface area contributed by atoms with Gasteiger partial charge in [0.25, 0.3) is 0 Å². The number of carbonyl (C=O) groups excluding carboxylic acids is 2. The molecule has 0 aliphatic carbocycles. The smallest absolute Gasteiger partial charge is 0.306 e. The first kappa shape index (κ1) is 80.0. The van der Waals surface area contributed by atoms with E-state index in [0.717, 1.165) is 103 Å². The lowest BCUT2D eigenvalue weighted by Gasteiger charge is -2.15. The van der Waals surface area contributed by atoms with Crippen molar-refractivity contribution in [1.29, 1.82) is 0 Å². The van der Waals surface area contributed by atoms with Gasteiger partial charge in [0.2, 0.25) is 0 Å². The summed E-state index contributed by atoms with van der Waals surface area (Å²) in [6, 6.07) is 0. The molecule has 1 unspecified atom stereocenters. The Morgan fingerprint density at radius 3 is 0.774 bits per heavy atom. The van der Waals surface area contributed by atoms with E-state index in [1.807, 2.05) is 0 Å². The number of hydrogen-bond donors (Lipinski definition) is 1. The monoisotopic (exact) mass is 1160 g/mol. The minimum Gasteiger partial charge on any atom is -0.462 e. The van der Waals surface area contributed by atoms with Gasteiger partial charge in [-0.25, -0.2) is 0 Å². The summed E-state index contributed by atoms with van der Waals surface area (Å²) in [5.41, 5.74) is 0. The zero-order valence-corrected chi connectivity index (χ0v) is 55.1. The SMILES string of the molecule is CC/C=C\C/C=C\C/C=C\C/C=C\C/C=C\C/C=C\C/C=C\C/C=C\C/C=C\CCCCCCCCCCCCCCCC(=O)OC(CO)COC(=O)CCCCCCCCCCCCCCCCCCC/C=C\C/C=C\CCCCCCC. The van der Waals surface area contributed by atoms with Crippen LogP contribution in [-0.4, -0.2) is 36.4 Å². The number of ether oxygens (including phenoxy) is 2. The highest BCUT2D eigenvalue weighted by Crippen LogP contribution is 2.17. The Balaban J connectivity index is 3.50. The fraction of sp³-hybridized carbons (Fsp3) is 0.696. The molecule has 5 heteroatoms. The minimum absolute atomic E-state index is 0.0687. The standard InChI is InChI=1S/C79H134O5/c1-3-5-7-9-11-13-15-17-19-21-23-25-27-29-31-33-34-35-36-37-38-39-40-41-42-43-44-46-48-50-52-54-56-58-60-62-64-66-68-70-72-74-79(82)84-77(75-80)76-83-78(81)73-71-69-67-65-63-61-59-57-55-53-51-49-47-45-32-30-28-26-24-22-20-18-16-14-12-10-8-6-4-2/h5,7,11,13,16-19,22-25,29,31,34-35,37-38,40-41,43-44,77,80H,3-4,6,8-10,12,14-15,20-21,26-28,30,32-33,36,39,42,45-76H2,1-2H3/b7-5-,13-11-,18-16-,19-17-,24-22-,25-23-,31-29-,35-34-,38-37-,41-40-,44-43-.